The Labute approximate surface area is 162 Å². The molecule has 0 saturated heterocycles. The van der Waals surface area contributed by atoms with E-state index in [0.29, 0.717) is 43.9 Å². The second kappa shape index (κ2) is 6.81. The van der Waals surface area contributed by atoms with Crippen LogP contribution in [0.1, 0.15) is 0 Å². The summed E-state index contributed by atoms with van der Waals surface area (Å²) >= 11 is 3.38. The van der Waals surface area contributed by atoms with Crippen LogP contribution >= 0.6 is 15.9 Å². The SMILES string of the molecule is COc1ccc(-c2cc(Br)c(O)c(-c3cnc[nH]3)c2)c(O)c1-c1cnc[nH]1. The van der Waals surface area contributed by atoms with Gasteiger partial charge in [0.15, 0.2) is 0 Å². The number of halogens is 1. The number of hydrogen-bond donors (Lipinski definition) is 4. The van der Waals surface area contributed by atoms with Crippen LogP contribution in [0.4, 0.5) is 0 Å². The van der Waals surface area contributed by atoms with Gasteiger partial charge in [-0.3, -0.25) is 0 Å². The lowest BCUT2D eigenvalue weighted by molar-refractivity contribution is 0.410. The summed E-state index contributed by atoms with van der Waals surface area (Å²) in [5, 5.41) is 21.4. The molecule has 7 nitrogen and oxygen atoms in total. The Balaban J connectivity index is 1.94. The molecule has 0 bridgehead atoms. The number of nitrogens with zero attached hydrogens (tertiary/aromatic N) is 2. The van der Waals surface area contributed by atoms with Crippen molar-refractivity contribution in [1.29, 1.82) is 0 Å². The topological polar surface area (TPSA) is 107 Å². The predicted molar refractivity (Wildman–Crippen MR) is 105 cm³/mol. The van der Waals surface area contributed by atoms with E-state index in [1.54, 1.807) is 43.8 Å². The fraction of sp³-hybridized carbons (Fsp3) is 0.0526. The maximum Gasteiger partial charge on any atom is 0.139 e. The zero-order valence-electron chi connectivity index (χ0n) is 14.2. The monoisotopic (exact) mass is 426 g/mol. The van der Waals surface area contributed by atoms with E-state index in [-0.39, 0.29) is 11.5 Å². The minimum atomic E-state index is 0.0479. The smallest absolute Gasteiger partial charge is 0.139 e. The number of phenols is 2. The first-order valence-electron chi connectivity index (χ1n) is 8.00. The van der Waals surface area contributed by atoms with Gasteiger partial charge in [-0.05, 0) is 45.8 Å². The van der Waals surface area contributed by atoms with Crippen molar-refractivity contribution in [3.8, 4) is 50.9 Å². The van der Waals surface area contributed by atoms with Gasteiger partial charge in [0.1, 0.15) is 17.2 Å². The molecule has 0 aliphatic carbocycles. The van der Waals surface area contributed by atoms with Crippen molar-refractivity contribution in [2.24, 2.45) is 0 Å². The lowest BCUT2D eigenvalue weighted by Crippen LogP contribution is -1.92. The quantitative estimate of drug-likeness (QED) is 0.388. The summed E-state index contributed by atoms with van der Waals surface area (Å²) in [6.07, 6.45) is 6.31. The van der Waals surface area contributed by atoms with Gasteiger partial charge in [-0.2, -0.15) is 0 Å². The van der Waals surface area contributed by atoms with Crippen LogP contribution in [0.2, 0.25) is 0 Å². The molecule has 4 N–H and O–H groups in total. The molecule has 0 unspecified atom stereocenters. The molecule has 0 aliphatic rings. The van der Waals surface area contributed by atoms with Gasteiger partial charge >= 0.3 is 0 Å². The fourth-order valence-corrected chi connectivity index (χ4v) is 3.45. The zero-order valence-corrected chi connectivity index (χ0v) is 15.8. The van der Waals surface area contributed by atoms with Gasteiger partial charge in [-0.15, -0.1) is 0 Å². The molecular weight excluding hydrogens is 412 g/mol. The molecule has 0 aliphatic heterocycles. The van der Waals surface area contributed by atoms with E-state index in [2.05, 4.69) is 35.9 Å². The molecule has 136 valence electrons. The highest BCUT2D eigenvalue weighted by atomic mass is 79.9. The summed E-state index contributed by atoms with van der Waals surface area (Å²) in [5.74, 6) is 0.656. The van der Waals surface area contributed by atoms with Crippen LogP contribution in [-0.2, 0) is 0 Å². The molecule has 0 fully saturated rings. The zero-order chi connectivity index (χ0) is 19.0. The maximum atomic E-state index is 11.0. The second-order valence-corrected chi connectivity index (χ2v) is 6.68. The molecule has 4 aromatic rings. The van der Waals surface area contributed by atoms with E-state index in [1.807, 2.05) is 0 Å². The van der Waals surface area contributed by atoms with E-state index in [4.69, 9.17) is 4.74 Å². The number of ether oxygens (including phenoxy) is 1. The van der Waals surface area contributed by atoms with E-state index in [0.717, 1.165) is 0 Å². The van der Waals surface area contributed by atoms with Gasteiger partial charge < -0.3 is 24.9 Å². The van der Waals surface area contributed by atoms with Crippen LogP contribution in [0.25, 0.3) is 33.6 Å². The average Bonchev–Trinajstić information content (AvgIpc) is 3.37. The van der Waals surface area contributed by atoms with Crippen molar-refractivity contribution in [3.05, 3.63) is 53.8 Å². The highest BCUT2D eigenvalue weighted by molar-refractivity contribution is 9.10. The van der Waals surface area contributed by atoms with E-state index < -0.39 is 0 Å². The molecule has 2 heterocycles. The summed E-state index contributed by atoms with van der Waals surface area (Å²) < 4.78 is 5.90. The van der Waals surface area contributed by atoms with Crippen LogP contribution in [0.3, 0.4) is 0 Å². The van der Waals surface area contributed by atoms with Crippen LogP contribution in [0, 0.1) is 0 Å². The number of aromatic hydroxyl groups is 2. The standard InChI is InChI=1S/C19H15BrN4O3/c1-27-16-3-2-11(19(26)17(16)15-7-22-9-24-15)10-4-12(14-6-21-8-23-14)18(25)13(20)5-10/h2-9,25-26H,1H3,(H,21,23)(H,22,24). The normalized spacial score (nSPS) is 10.9. The molecule has 27 heavy (non-hydrogen) atoms. The summed E-state index contributed by atoms with van der Waals surface area (Å²) in [6, 6.07) is 7.07. The Morgan fingerprint density at radius 3 is 2.26 bits per heavy atom. The Bertz CT molecular complexity index is 1090. The van der Waals surface area contributed by atoms with Crippen molar-refractivity contribution in [3.63, 3.8) is 0 Å². The molecule has 4 rings (SSSR count). The van der Waals surface area contributed by atoms with Crippen molar-refractivity contribution < 1.29 is 14.9 Å². The van der Waals surface area contributed by atoms with Crippen LogP contribution < -0.4 is 4.74 Å². The van der Waals surface area contributed by atoms with Crippen LogP contribution in [-0.4, -0.2) is 37.3 Å². The lowest BCUT2D eigenvalue weighted by Gasteiger charge is -2.15. The molecule has 0 saturated carbocycles. The molecule has 2 aromatic heterocycles. The minimum Gasteiger partial charge on any atom is -0.506 e. The predicted octanol–water partition coefficient (Wildman–Crippen LogP) is 4.32. The number of methoxy groups -OCH3 is 1. The van der Waals surface area contributed by atoms with Gasteiger partial charge in [0, 0.05) is 11.1 Å². The Morgan fingerprint density at radius 1 is 0.926 bits per heavy atom. The fourth-order valence-electron chi connectivity index (χ4n) is 2.99. The molecule has 2 aromatic carbocycles. The number of hydrogen-bond acceptors (Lipinski definition) is 5. The average molecular weight is 427 g/mol. The number of benzene rings is 2. The van der Waals surface area contributed by atoms with Crippen molar-refractivity contribution in [2.45, 2.75) is 0 Å². The number of nitrogens with one attached hydrogen (secondary N) is 2. The molecule has 0 spiro atoms. The second-order valence-electron chi connectivity index (χ2n) is 5.82. The largest absolute Gasteiger partial charge is 0.506 e. The van der Waals surface area contributed by atoms with Crippen molar-refractivity contribution in [1.82, 2.24) is 19.9 Å². The van der Waals surface area contributed by atoms with E-state index in [9.17, 15) is 10.2 Å². The first-order valence-corrected chi connectivity index (χ1v) is 8.79. The van der Waals surface area contributed by atoms with Gasteiger partial charge in [-0.1, -0.05) is 0 Å². The Hall–Kier alpha value is -3.26. The molecule has 0 atom stereocenters. The van der Waals surface area contributed by atoms with Gasteiger partial charge in [0.05, 0.1) is 53.6 Å². The summed E-state index contributed by atoms with van der Waals surface area (Å²) in [4.78, 5) is 14.0. The lowest BCUT2D eigenvalue weighted by atomic mass is 9.97. The Morgan fingerprint density at radius 2 is 1.63 bits per heavy atom. The summed E-state index contributed by atoms with van der Waals surface area (Å²) in [5.41, 5.74) is 3.68. The number of phenolic OH excluding ortho intramolecular Hbond substituents is 2. The Kier molecular flexibility index (Phi) is 4.33. The minimum absolute atomic E-state index is 0.0479. The molecular formula is C19H15BrN4O3. The highest BCUT2D eigenvalue weighted by Crippen LogP contribution is 2.46. The molecule has 8 heteroatoms. The summed E-state index contributed by atoms with van der Waals surface area (Å²) in [7, 11) is 1.54. The van der Waals surface area contributed by atoms with Gasteiger partial charge in [0.25, 0.3) is 0 Å². The van der Waals surface area contributed by atoms with Crippen molar-refractivity contribution in [2.75, 3.05) is 7.11 Å². The van der Waals surface area contributed by atoms with Gasteiger partial charge in [0.2, 0.25) is 0 Å². The first-order chi connectivity index (χ1) is 13.1. The van der Waals surface area contributed by atoms with Crippen molar-refractivity contribution >= 4 is 15.9 Å². The van der Waals surface area contributed by atoms with E-state index in [1.165, 1.54) is 12.7 Å². The third-order valence-electron chi connectivity index (χ3n) is 4.29. The maximum absolute atomic E-state index is 11.0. The first kappa shape index (κ1) is 17.2. The number of H-pyrrole nitrogens is 2. The number of aromatic amines is 2. The molecule has 0 radical (unpaired) electrons. The third-order valence-corrected chi connectivity index (χ3v) is 4.89. The number of imidazole rings is 2. The van der Waals surface area contributed by atoms with Crippen LogP contribution in [0.15, 0.2) is 53.8 Å². The highest BCUT2D eigenvalue weighted by Gasteiger charge is 2.20. The van der Waals surface area contributed by atoms with E-state index >= 15 is 0 Å². The summed E-state index contributed by atoms with van der Waals surface area (Å²) in [6.45, 7) is 0. The number of aromatic nitrogens is 4. The third kappa shape index (κ3) is 2.93. The van der Waals surface area contributed by atoms with Crippen LogP contribution in [0.5, 0.6) is 17.2 Å². The van der Waals surface area contributed by atoms with Gasteiger partial charge in [-0.25, -0.2) is 9.97 Å². The number of rotatable bonds is 4. The molecule has 0 amide bonds.